The monoisotopic (exact) mass is 367 g/mol. The first-order valence-corrected chi connectivity index (χ1v) is 9.27. The van der Waals surface area contributed by atoms with Crippen LogP contribution in [0.3, 0.4) is 0 Å². The number of halogens is 1. The Kier molecular flexibility index (Phi) is 4.64. The average Bonchev–Trinajstić information content (AvgIpc) is 2.98. The predicted molar refractivity (Wildman–Crippen MR) is 98.2 cm³/mol. The molecule has 2 saturated heterocycles. The second-order valence-electron chi connectivity index (χ2n) is 7.55. The van der Waals surface area contributed by atoms with Crippen LogP contribution in [0.5, 0.6) is 0 Å². The number of piperidine rings is 1. The molecule has 0 saturated carbocycles. The molecule has 0 bridgehead atoms. The van der Waals surface area contributed by atoms with Gasteiger partial charge in [-0.15, -0.1) is 0 Å². The molecule has 0 N–H and O–H groups in total. The van der Waals surface area contributed by atoms with Gasteiger partial charge in [-0.25, -0.2) is 4.39 Å². The summed E-state index contributed by atoms with van der Waals surface area (Å²) in [6, 6.07) is 9.94. The summed E-state index contributed by atoms with van der Waals surface area (Å²) < 4.78 is 13.9. The van der Waals surface area contributed by atoms with Crippen LogP contribution in [-0.4, -0.2) is 46.2 Å². The smallest absolute Gasteiger partial charge is 0.256 e. The van der Waals surface area contributed by atoms with Gasteiger partial charge in [0.2, 0.25) is 5.91 Å². The number of pyridine rings is 1. The standard InChI is InChI=1S/C21H22FN3O2/c22-18-4-2-1-3-17(18)20(27)24-11-7-21(8-12-24)13-19(26)25(15-21)14-16-5-9-23-10-6-16/h1-6,9-10H,7-8,11-15H2. The second-order valence-corrected chi connectivity index (χ2v) is 7.55. The van der Waals surface area contributed by atoms with Gasteiger partial charge in [-0.3, -0.25) is 14.6 Å². The van der Waals surface area contributed by atoms with Crippen LogP contribution in [0.15, 0.2) is 48.8 Å². The summed E-state index contributed by atoms with van der Waals surface area (Å²) in [6.45, 7) is 2.43. The molecule has 27 heavy (non-hydrogen) atoms. The zero-order valence-electron chi connectivity index (χ0n) is 15.1. The first kappa shape index (κ1) is 17.6. The average molecular weight is 367 g/mol. The van der Waals surface area contributed by atoms with Crippen LogP contribution in [0.25, 0.3) is 0 Å². The fourth-order valence-corrected chi connectivity index (χ4v) is 4.16. The Morgan fingerprint density at radius 1 is 1.11 bits per heavy atom. The Bertz CT molecular complexity index is 848. The number of benzene rings is 1. The van der Waals surface area contributed by atoms with E-state index in [-0.39, 0.29) is 22.8 Å². The van der Waals surface area contributed by atoms with Gasteiger partial charge >= 0.3 is 0 Å². The second kappa shape index (κ2) is 7.10. The van der Waals surface area contributed by atoms with Crippen LogP contribution in [0, 0.1) is 11.2 Å². The molecular formula is C21H22FN3O2. The summed E-state index contributed by atoms with van der Waals surface area (Å²) >= 11 is 0. The van der Waals surface area contributed by atoms with E-state index in [0.717, 1.165) is 24.9 Å². The molecule has 2 amide bonds. The minimum absolute atomic E-state index is 0.0733. The van der Waals surface area contributed by atoms with Crippen molar-refractivity contribution in [2.24, 2.45) is 5.41 Å². The number of carbonyl (C=O) groups excluding carboxylic acids is 2. The van der Waals surface area contributed by atoms with Crippen molar-refractivity contribution in [2.45, 2.75) is 25.8 Å². The van der Waals surface area contributed by atoms with Crippen molar-refractivity contribution in [2.75, 3.05) is 19.6 Å². The van der Waals surface area contributed by atoms with Crippen LogP contribution >= 0.6 is 0 Å². The lowest BCUT2D eigenvalue weighted by atomic mass is 9.77. The third-order valence-corrected chi connectivity index (χ3v) is 5.74. The number of nitrogens with zero attached hydrogens (tertiary/aromatic N) is 3. The van der Waals surface area contributed by atoms with Crippen molar-refractivity contribution in [1.82, 2.24) is 14.8 Å². The summed E-state index contributed by atoms with van der Waals surface area (Å²) in [5.41, 5.74) is 1.12. The predicted octanol–water partition coefficient (Wildman–Crippen LogP) is 2.88. The Morgan fingerprint density at radius 2 is 1.81 bits per heavy atom. The van der Waals surface area contributed by atoms with Crippen LogP contribution < -0.4 is 0 Å². The molecule has 5 nitrogen and oxygen atoms in total. The summed E-state index contributed by atoms with van der Waals surface area (Å²) in [7, 11) is 0. The molecule has 2 aliphatic heterocycles. The van der Waals surface area contributed by atoms with Crippen LogP contribution in [0.4, 0.5) is 4.39 Å². The SMILES string of the molecule is O=C1CC2(CCN(C(=O)c3ccccc3F)CC2)CN1Cc1ccncc1. The van der Waals surface area contributed by atoms with E-state index in [2.05, 4.69) is 4.98 Å². The van der Waals surface area contributed by atoms with E-state index in [1.807, 2.05) is 17.0 Å². The Labute approximate surface area is 157 Å². The molecule has 2 aromatic rings. The van der Waals surface area contributed by atoms with E-state index in [9.17, 15) is 14.0 Å². The maximum absolute atomic E-state index is 13.9. The molecule has 1 aromatic carbocycles. The third-order valence-electron chi connectivity index (χ3n) is 5.74. The summed E-state index contributed by atoms with van der Waals surface area (Å²) in [4.78, 5) is 32.7. The lowest BCUT2D eigenvalue weighted by Gasteiger charge is -2.38. The van der Waals surface area contributed by atoms with Gasteiger partial charge in [-0.1, -0.05) is 12.1 Å². The summed E-state index contributed by atoms with van der Waals surface area (Å²) in [5, 5.41) is 0. The normalized spacial score (nSPS) is 18.9. The molecule has 4 rings (SSSR count). The van der Waals surface area contributed by atoms with E-state index < -0.39 is 5.82 Å². The zero-order valence-corrected chi connectivity index (χ0v) is 15.1. The number of hydrogen-bond acceptors (Lipinski definition) is 3. The lowest BCUT2D eigenvalue weighted by Crippen LogP contribution is -2.44. The number of likely N-dealkylation sites (tertiary alicyclic amines) is 2. The molecule has 2 fully saturated rings. The molecular weight excluding hydrogens is 345 g/mol. The first-order chi connectivity index (χ1) is 13.1. The largest absolute Gasteiger partial charge is 0.339 e. The van der Waals surface area contributed by atoms with Gasteiger partial charge in [0.1, 0.15) is 5.82 Å². The minimum atomic E-state index is -0.484. The van der Waals surface area contributed by atoms with Crippen LogP contribution in [0.2, 0.25) is 0 Å². The topological polar surface area (TPSA) is 53.5 Å². The van der Waals surface area contributed by atoms with Gasteiger partial charge in [0.05, 0.1) is 5.56 Å². The minimum Gasteiger partial charge on any atom is -0.339 e. The highest BCUT2D eigenvalue weighted by molar-refractivity contribution is 5.94. The van der Waals surface area contributed by atoms with Gasteiger partial charge < -0.3 is 9.80 Å². The van der Waals surface area contributed by atoms with Crippen molar-refractivity contribution in [3.05, 3.63) is 65.7 Å². The molecule has 0 aliphatic carbocycles. The number of aromatic nitrogens is 1. The Morgan fingerprint density at radius 3 is 2.52 bits per heavy atom. The van der Waals surface area contributed by atoms with Crippen LogP contribution in [0.1, 0.15) is 35.2 Å². The summed E-state index contributed by atoms with van der Waals surface area (Å²) in [6.07, 6.45) is 5.54. The Balaban J connectivity index is 1.39. The van der Waals surface area contributed by atoms with Crippen molar-refractivity contribution >= 4 is 11.8 Å². The number of amides is 2. The van der Waals surface area contributed by atoms with E-state index in [1.165, 1.54) is 12.1 Å². The van der Waals surface area contributed by atoms with Gasteiger partial charge in [-0.05, 0) is 42.7 Å². The highest BCUT2D eigenvalue weighted by atomic mass is 19.1. The maximum atomic E-state index is 13.9. The van der Waals surface area contributed by atoms with E-state index in [4.69, 9.17) is 0 Å². The fourth-order valence-electron chi connectivity index (χ4n) is 4.16. The third kappa shape index (κ3) is 3.56. The van der Waals surface area contributed by atoms with E-state index in [0.29, 0.717) is 26.1 Å². The number of carbonyl (C=O) groups is 2. The lowest BCUT2D eigenvalue weighted by molar-refractivity contribution is -0.128. The fraction of sp³-hybridized carbons (Fsp3) is 0.381. The molecule has 140 valence electrons. The van der Waals surface area contributed by atoms with Crippen molar-refractivity contribution in [3.8, 4) is 0 Å². The van der Waals surface area contributed by atoms with Gasteiger partial charge in [-0.2, -0.15) is 0 Å². The Hall–Kier alpha value is -2.76. The quantitative estimate of drug-likeness (QED) is 0.838. The van der Waals surface area contributed by atoms with Crippen molar-refractivity contribution in [3.63, 3.8) is 0 Å². The maximum Gasteiger partial charge on any atom is 0.256 e. The molecule has 1 aromatic heterocycles. The molecule has 1 spiro atoms. The van der Waals surface area contributed by atoms with E-state index in [1.54, 1.807) is 29.4 Å². The molecule has 0 unspecified atom stereocenters. The van der Waals surface area contributed by atoms with E-state index >= 15 is 0 Å². The van der Waals surface area contributed by atoms with Crippen molar-refractivity contribution < 1.29 is 14.0 Å². The van der Waals surface area contributed by atoms with Crippen LogP contribution in [-0.2, 0) is 11.3 Å². The molecule has 6 heteroatoms. The first-order valence-electron chi connectivity index (χ1n) is 9.27. The van der Waals surface area contributed by atoms with Gasteiger partial charge in [0.25, 0.3) is 5.91 Å². The van der Waals surface area contributed by atoms with Crippen molar-refractivity contribution in [1.29, 1.82) is 0 Å². The molecule has 0 radical (unpaired) electrons. The number of rotatable bonds is 3. The molecule has 2 aliphatic rings. The molecule has 3 heterocycles. The number of hydrogen-bond donors (Lipinski definition) is 0. The van der Waals surface area contributed by atoms with Gasteiger partial charge in [0.15, 0.2) is 0 Å². The molecule has 0 atom stereocenters. The summed E-state index contributed by atoms with van der Waals surface area (Å²) in [5.74, 6) is -0.580. The zero-order chi connectivity index (χ0) is 18.9. The highest BCUT2D eigenvalue weighted by Crippen LogP contribution is 2.41. The van der Waals surface area contributed by atoms with Gasteiger partial charge in [0, 0.05) is 50.4 Å². The highest BCUT2D eigenvalue weighted by Gasteiger charge is 2.45.